The minimum Gasteiger partial charge on any atom is -0.467 e. The zero-order valence-corrected chi connectivity index (χ0v) is 16.8. The number of imide groups is 1. The van der Waals surface area contributed by atoms with Crippen LogP contribution in [0, 0.1) is 18.3 Å². The highest BCUT2D eigenvalue weighted by atomic mass is 16.3. The van der Waals surface area contributed by atoms with E-state index < -0.39 is 17.9 Å². The van der Waals surface area contributed by atoms with Crippen LogP contribution in [0.5, 0.6) is 0 Å². The highest BCUT2D eigenvalue weighted by molar-refractivity contribution is 6.23. The number of benzene rings is 2. The van der Waals surface area contributed by atoms with Gasteiger partial charge in [-0.05, 0) is 55.5 Å². The molecule has 1 fully saturated rings. The third-order valence-electron chi connectivity index (χ3n) is 5.22. The highest BCUT2D eigenvalue weighted by Gasteiger charge is 2.44. The van der Waals surface area contributed by atoms with Crippen molar-refractivity contribution in [2.75, 3.05) is 4.90 Å². The molecule has 1 unspecified atom stereocenters. The van der Waals surface area contributed by atoms with E-state index in [1.165, 1.54) is 11.2 Å². The first-order chi connectivity index (χ1) is 15.0. The lowest BCUT2D eigenvalue weighted by molar-refractivity contribution is -0.122. The van der Waals surface area contributed by atoms with Crippen LogP contribution in [0.2, 0.25) is 0 Å². The molecule has 0 radical (unpaired) electrons. The minimum absolute atomic E-state index is 0.0601. The summed E-state index contributed by atoms with van der Waals surface area (Å²) in [7, 11) is 0. The molecule has 7 nitrogen and oxygen atoms in total. The molecule has 0 N–H and O–H groups in total. The van der Waals surface area contributed by atoms with Gasteiger partial charge in [-0.1, -0.05) is 17.7 Å². The minimum atomic E-state index is -0.956. The van der Waals surface area contributed by atoms with Gasteiger partial charge in [-0.2, -0.15) is 5.26 Å². The van der Waals surface area contributed by atoms with Gasteiger partial charge in [-0.3, -0.25) is 14.4 Å². The van der Waals surface area contributed by atoms with Crippen LogP contribution in [0.3, 0.4) is 0 Å². The number of nitrogens with zero attached hydrogens (tertiary/aromatic N) is 3. The molecule has 0 aliphatic carbocycles. The van der Waals surface area contributed by atoms with Crippen molar-refractivity contribution in [1.29, 1.82) is 5.26 Å². The van der Waals surface area contributed by atoms with Crippen LogP contribution in [0.25, 0.3) is 0 Å². The second kappa shape index (κ2) is 8.28. The normalized spacial score (nSPS) is 15.7. The molecule has 1 atom stereocenters. The number of amides is 3. The fourth-order valence-corrected chi connectivity index (χ4v) is 3.57. The van der Waals surface area contributed by atoms with Gasteiger partial charge >= 0.3 is 0 Å². The molecule has 1 aromatic heterocycles. The molecule has 3 amide bonds. The van der Waals surface area contributed by atoms with Crippen molar-refractivity contribution in [3.63, 3.8) is 0 Å². The van der Waals surface area contributed by atoms with E-state index in [4.69, 9.17) is 9.68 Å². The van der Waals surface area contributed by atoms with E-state index in [9.17, 15) is 14.4 Å². The number of hydrogen-bond acceptors (Lipinski definition) is 5. The second-order valence-corrected chi connectivity index (χ2v) is 7.32. The molecule has 1 aliphatic heterocycles. The van der Waals surface area contributed by atoms with Crippen LogP contribution in [-0.4, -0.2) is 28.7 Å². The topological polar surface area (TPSA) is 94.6 Å². The molecule has 154 valence electrons. The quantitative estimate of drug-likeness (QED) is 0.597. The first kappa shape index (κ1) is 20.1. The Hall–Kier alpha value is -4.18. The molecular weight excluding hydrogens is 394 g/mol. The van der Waals surface area contributed by atoms with Crippen LogP contribution in [0.15, 0.2) is 71.3 Å². The maximum Gasteiger partial charge on any atom is 0.257 e. The third kappa shape index (κ3) is 3.96. The van der Waals surface area contributed by atoms with Gasteiger partial charge in [0.15, 0.2) is 0 Å². The van der Waals surface area contributed by atoms with Crippen molar-refractivity contribution in [2.24, 2.45) is 0 Å². The van der Waals surface area contributed by atoms with Gasteiger partial charge in [-0.25, -0.2) is 4.90 Å². The van der Waals surface area contributed by atoms with Gasteiger partial charge in [0.1, 0.15) is 11.8 Å². The Morgan fingerprint density at radius 2 is 1.84 bits per heavy atom. The van der Waals surface area contributed by atoms with E-state index in [-0.39, 0.29) is 18.9 Å². The number of anilines is 1. The van der Waals surface area contributed by atoms with E-state index >= 15 is 0 Å². The average Bonchev–Trinajstić information content (AvgIpc) is 3.39. The summed E-state index contributed by atoms with van der Waals surface area (Å²) < 4.78 is 5.39. The maximum absolute atomic E-state index is 13.3. The summed E-state index contributed by atoms with van der Waals surface area (Å²) in [5.41, 5.74) is 2.23. The number of aryl methyl sites for hydroxylation is 1. The molecular formula is C24H19N3O4. The number of furan rings is 1. The summed E-state index contributed by atoms with van der Waals surface area (Å²) in [4.78, 5) is 41.8. The summed E-state index contributed by atoms with van der Waals surface area (Å²) >= 11 is 0. The Balaban J connectivity index is 1.66. The van der Waals surface area contributed by atoms with Crippen LogP contribution in [0.1, 0.15) is 33.7 Å². The van der Waals surface area contributed by atoms with Gasteiger partial charge < -0.3 is 9.32 Å². The fraction of sp³-hybridized carbons (Fsp3) is 0.167. The van der Waals surface area contributed by atoms with E-state index in [0.717, 1.165) is 10.5 Å². The van der Waals surface area contributed by atoms with Crippen LogP contribution >= 0.6 is 0 Å². The van der Waals surface area contributed by atoms with E-state index in [0.29, 0.717) is 22.6 Å². The van der Waals surface area contributed by atoms with Crippen molar-refractivity contribution in [1.82, 2.24) is 4.90 Å². The molecule has 3 aromatic rings. The largest absolute Gasteiger partial charge is 0.467 e. The molecule has 7 heteroatoms. The summed E-state index contributed by atoms with van der Waals surface area (Å²) in [6.45, 7) is 1.98. The molecule has 1 aliphatic rings. The standard InChI is InChI=1S/C24H19N3O4/c1-16-4-8-18(9-5-16)23(29)26(15-20-3-2-12-31-20)21-13-22(28)27(24(21)30)19-10-6-17(14-25)7-11-19/h2-12,21H,13,15H2,1H3. The predicted molar refractivity (Wildman–Crippen MR) is 112 cm³/mol. The number of rotatable bonds is 5. The Morgan fingerprint density at radius 1 is 1.13 bits per heavy atom. The van der Waals surface area contributed by atoms with Crippen molar-refractivity contribution in [3.8, 4) is 6.07 Å². The van der Waals surface area contributed by atoms with Crippen molar-refractivity contribution >= 4 is 23.4 Å². The van der Waals surface area contributed by atoms with Crippen molar-refractivity contribution in [3.05, 3.63) is 89.4 Å². The molecule has 0 bridgehead atoms. The number of hydrogen-bond donors (Lipinski definition) is 0. The summed E-state index contributed by atoms with van der Waals surface area (Å²) in [6.07, 6.45) is 1.37. The summed E-state index contributed by atoms with van der Waals surface area (Å²) in [5, 5.41) is 8.97. The first-order valence-corrected chi connectivity index (χ1v) is 9.75. The fourth-order valence-electron chi connectivity index (χ4n) is 3.57. The molecule has 2 aromatic carbocycles. The molecule has 4 rings (SSSR count). The van der Waals surface area contributed by atoms with Gasteiger partial charge in [0.2, 0.25) is 5.91 Å². The molecule has 31 heavy (non-hydrogen) atoms. The summed E-state index contributed by atoms with van der Waals surface area (Å²) in [5.74, 6) is -0.732. The molecule has 2 heterocycles. The Labute approximate surface area is 179 Å². The van der Waals surface area contributed by atoms with Crippen LogP contribution in [0.4, 0.5) is 5.69 Å². The van der Waals surface area contributed by atoms with Crippen LogP contribution in [-0.2, 0) is 16.1 Å². The zero-order valence-electron chi connectivity index (χ0n) is 16.8. The Bertz CT molecular complexity index is 1160. The van der Waals surface area contributed by atoms with Crippen molar-refractivity contribution in [2.45, 2.75) is 25.9 Å². The van der Waals surface area contributed by atoms with Gasteiger partial charge in [0.05, 0.1) is 36.5 Å². The van der Waals surface area contributed by atoms with Gasteiger partial charge in [0.25, 0.3) is 11.8 Å². The molecule has 1 saturated heterocycles. The number of nitriles is 1. The SMILES string of the molecule is Cc1ccc(C(=O)N(Cc2ccco2)C2CC(=O)N(c3ccc(C#N)cc3)C2=O)cc1. The summed E-state index contributed by atoms with van der Waals surface area (Å²) in [6, 6.07) is 17.7. The lowest BCUT2D eigenvalue weighted by atomic mass is 10.1. The first-order valence-electron chi connectivity index (χ1n) is 9.75. The monoisotopic (exact) mass is 413 g/mol. The Kier molecular flexibility index (Phi) is 5.37. The van der Waals surface area contributed by atoms with E-state index in [1.54, 1.807) is 48.5 Å². The third-order valence-corrected chi connectivity index (χ3v) is 5.22. The van der Waals surface area contributed by atoms with Crippen molar-refractivity contribution < 1.29 is 18.8 Å². The number of carbonyl (C=O) groups excluding carboxylic acids is 3. The second-order valence-electron chi connectivity index (χ2n) is 7.32. The van der Waals surface area contributed by atoms with Crippen LogP contribution < -0.4 is 4.90 Å². The van der Waals surface area contributed by atoms with E-state index in [1.807, 2.05) is 25.1 Å². The van der Waals surface area contributed by atoms with Gasteiger partial charge in [0, 0.05) is 5.56 Å². The predicted octanol–water partition coefficient (Wildman–Crippen LogP) is 3.43. The van der Waals surface area contributed by atoms with Gasteiger partial charge in [-0.15, -0.1) is 0 Å². The zero-order chi connectivity index (χ0) is 22.0. The number of carbonyl (C=O) groups is 3. The lowest BCUT2D eigenvalue weighted by Crippen LogP contribution is -2.45. The highest BCUT2D eigenvalue weighted by Crippen LogP contribution is 2.28. The smallest absolute Gasteiger partial charge is 0.257 e. The average molecular weight is 413 g/mol. The Morgan fingerprint density at radius 3 is 2.45 bits per heavy atom. The molecule has 0 spiro atoms. The lowest BCUT2D eigenvalue weighted by Gasteiger charge is -2.27. The maximum atomic E-state index is 13.3. The van der Waals surface area contributed by atoms with E-state index in [2.05, 4.69) is 0 Å². The molecule has 0 saturated carbocycles.